The molecule has 0 unspecified atom stereocenters. The van der Waals surface area contributed by atoms with E-state index in [2.05, 4.69) is 39.7 Å². The smallest absolute Gasteiger partial charge is 0.263 e. The normalized spacial score (nSPS) is 18.2. The SMILES string of the molecule is CC1(C)Cc2nc(N3CCOc4ccc(-c5cnn(CCCCC(=O)/C=C/C6CC6)c5)cc43)sc2C(=O)N1. The minimum atomic E-state index is -0.297. The second kappa shape index (κ2) is 10.0. The van der Waals surface area contributed by atoms with Crippen LogP contribution in [0, 0.1) is 5.92 Å². The molecule has 198 valence electrons. The van der Waals surface area contributed by atoms with Crippen molar-refractivity contribution in [3.63, 3.8) is 0 Å². The number of anilines is 2. The lowest BCUT2D eigenvalue weighted by Gasteiger charge is -2.29. The van der Waals surface area contributed by atoms with Gasteiger partial charge in [-0.2, -0.15) is 5.10 Å². The number of unbranched alkanes of at least 4 members (excludes halogenated alkanes) is 1. The van der Waals surface area contributed by atoms with Gasteiger partial charge >= 0.3 is 0 Å². The number of aryl methyl sites for hydroxylation is 1. The zero-order chi connectivity index (χ0) is 26.3. The van der Waals surface area contributed by atoms with Gasteiger partial charge in [-0.25, -0.2) is 4.98 Å². The first-order valence-electron chi connectivity index (χ1n) is 13.5. The number of allylic oxidation sites excluding steroid dienone is 2. The van der Waals surface area contributed by atoms with E-state index in [0.29, 0.717) is 36.8 Å². The number of nitrogens with one attached hydrogen (secondary N) is 1. The van der Waals surface area contributed by atoms with Crippen LogP contribution in [0.5, 0.6) is 5.75 Å². The third kappa shape index (κ3) is 5.38. The van der Waals surface area contributed by atoms with Crippen molar-refractivity contribution in [2.24, 2.45) is 5.92 Å². The summed E-state index contributed by atoms with van der Waals surface area (Å²) in [7, 11) is 0. The Morgan fingerprint density at radius 2 is 2.13 bits per heavy atom. The summed E-state index contributed by atoms with van der Waals surface area (Å²) in [5.74, 6) is 1.63. The summed E-state index contributed by atoms with van der Waals surface area (Å²) in [6.45, 7) is 6.06. The van der Waals surface area contributed by atoms with Crippen molar-refractivity contribution in [2.45, 2.75) is 64.5 Å². The molecule has 0 saturated heterocycles. The Kier molecular flexibility index (Phi) is 6.55. The standard InChI is InChI=1S/C29H33N5O3S/c1-29(2)16-23-26(27(36)32-29)38-28(31-23)34-13-14-37-25-11-9-20(15-24(25)34)21-17-30-33(18-21)12-4-3-5-22(35)10-8-19-6-7-19/h8-11,15,17-19H,3-7,12-14,16H2,1-2H3,(H,32,36)/b10-8+. The Bertz CT molecular complexity index is 1400. The van der Waals surface area contributed by atoms with Crippen LogP contribution >= 0.6 is 11.3 Å². The van der Waals surface area contributed by atoms with Crippen LogP contribution in [0.4, 0.5) is 10.8 Å². The fourth-order valence-corrected chi connectivity index (χ4v) is 6.02. The van der Waals surface area contributed by atoms with Gasteiger partial charge in [-0.15, -0.1) is 0 Å². The molecule has 1 amide bonds. The first-order valence-corrected chi connectivity index (χ1v) is 14.3. The predicted octanol–water partition coefficient (Wildman–Crippen LogP) is 5.31. The number of rotatable bonds is 9. The molecule has 3 aromatic rings. The number of benzene rings is 1. The molecule has 6 rings (SSSR count). The Balaban J connectivity index is 1.14. The van der Waals surface area contributed by atoms with Crippen LogP contribution in [0.3, 0.4) is 0 Å². The monoisotopic (exact) mass is 531 g/mol. The highest BCUT2D eigenvalue weighted by molar-refractivity contribution is 7.17. The van der Waals surface area contributed by atoms with Crippen molar-refractivity contribution in [2.75, 3.05) is 18.1 Å². The number of hydrogen-bond donors (Lipinski definition) is 1. The van der Waals surface area contributed by atoms with Crippen molar-refractivity contribution in [1.29, 1.82) is 0 Å². The van der Waals surface area contributed by atoms with Crippen LogP contribution in [0.2, 0.25) is 0 Å². The van der Waals surface area contributed by atoms with Gasteiger partial charge in [0.15, 0.2) is 10.9 Å². The minimum absolute atomic E-state index is 0.0475. The summed E-state index contributed by atoms with van der Waals surface area (Å²) in [6, 6.07) is 6.17. The molecule has 8 nitrogen and oxygen atoms in total. The number of ether oxygens (including phenoxy) is 1. The minimum Gasteiger partial charge on any atom is -0.490 e. The molecule has 3 aliphatic rings. The maximum atomic E-state index is 12.7. The van der Waals surface area contributed by atoms with Gasteiger partial charge in [0, 0.05) is 36.7 Å². The van der Waals surface area contributed by atoms with Crippen LogP contribution in [0.1, 0.15) is 61.3 Å². The molecule has 1 fully saturated rings. The van der Waals surface area contributed by atoms with E-state index in [0.717, 1.165) is 52.8 Å². The van der Waals surface area contributed by atoms with E-state index in [1.807, 2.05) is 30.8 Å². The van der Waals surface area contributed by atoms with Crippen LogP contribution in [-0.4, -0.2) is 45.1 Å². The van der Waals surface area contributed by atoms with E-state index < -0.39 is 0 Å². The van der Waals surface area contributed by atoms with Gasteiger partial charge in [-0.3, -0.25) is 14.3 Å². The molecule has 2 aliphatic heterocycles. The number of amides is 1. The molecule has 1 aromatic carbocycles. The van der Waals surface area contributed by atoms with Gasteiger partial charge in [0.2, 0.25) is 0 Å². The number of carbonyl (C=O) groups is 2. The van der Waals surface area contributed by atoms with Crippen LogP contribution in [0.15, 0.2) is 42.7 Å². The number of thiazole rings is 1. The molecule has 0 atom stereocenters. The number of hydrogen-bond acceptors (Lipinski definition) is 7. The predicted molar refractivity (Wildman–Crippen MR) is 148 cm³/mol. The average molecular weight is 532 g/mol. The molecular formula is C29H33N5O3S. The van der Waals surface area contributed by atoms with Gasteiger partial charge < -0.3 is 15.0 Å². The molecule has 38 heavy (non-hydrogen) atoms. The largest absolute Gasteiger partial charge is 0.490 e. The highest BCUT2D eigenvalue weighted by Gasteiger charge is 2.34. The highest BCUT2D eigenvalue weighted by Crippen LogP contribution is 2.42. The van der Waals surface area contributed by atoms with Crippen molar-refractivity contribution in [1.82, 2.24) is 20.1 Å². The lowest BCUT2D eigenvalue weighted by molar-refractivity contribution is -0.114. The van der Waals surface area contributed by atoms with Gasteiger partial charge in [-0.1, -0.05) is 23.5 Å². The van der Waals surface area contributed by atoms with E-state index in [-0.39, 0.29) is 17.2 Å². The quantitative estimate of drug-likeness (QED) is 0.297. The first kappa shape index (κ1) is 24.9. The first-order chi connectivity index (χ1) is 18.3. The maximum absolute atomic E-state index is 12.7. The zero-order valence-electron chi connectivity index (χ0n) is 21.9. The molecule has 2 aromatic heterocycles. The average Bonchev–Trinajstić information content (AvgIpc) is 3.43. The molecule has 0 bridgehead atoms. The van der Waals surface area contributed by atoms with Crippen LogP contribution in [-0.2, 0) is 17.8 Å². The van der Waals surface area contributed by atoms with Crippen LogP contribution < -0.4 is 15.0 Å². The highest BCUT2D eigenvalue weighted by atomic mass is 32.1. The number of fused-ring (bicyclic) bond motifs is 2. The van der Waals surface area contributed by atoms with Crippen LogP contribution in [0.25, 0.3) is 11.1 Å². The third-order valence-corrected chi connectivity index (χ3v) is 8.33. The molecule has 1 aliphatic carbocycles. The van der Waals surface area contributed by atoms with E-state index in [4.69, 9.17) is 9.72 Å². The molecular weight excluding hydrogens is 498 g/mol. The number of aromatic nitrogens is 3. The second-order valence-electron chi connectivity index (χ2n) is 11.1. The topological polar surface area (TPSA) is 89.3 Å². The van der Waals surface area contributed by atoms with Gasteiger partial charge in [0.05, 0.1) is 24.1 Å². The Labute approximate surface area is 226 Å². The van der Waals surface area contributed by atoms with Gasteiger partial charge in [0.25, 0.3) is 5.91 Å². The zero-order valence-corrected chi connectivity index (χ0v) is 22.7. The van der Waals surface area contributed by atoms with Gasteiger partial charge in [-0.05, 0) is 69.2 Å². The number of nitrogens with zero attached hydrogens (tertiary/aromatic N) is 4. The van der Waals surface area contributed by atoms with E-state index in [1.54, 1.807) is 6.08 Å². The van der Waals surface area contributed by atoms with Crippen molar-refractivity contribution in [3.05, 3.63) is 53.3 Å². The third-order valence-electron chi connectivity index (χ3n) is 7.21. The fraction of sp³-hybridized carbons (Fsp3) is 0.448. The summed E-state index contributed by atoms with van der Waals surface area (Å²) in [4.78, 5) is 32.4. The molecule has 9 heteroatoms. The second-order valence-corrected chi connectivity index (χ2v) is 12.1. The molecule has 1 N–H and O–H groups in total. The molecule has 1 saturated carbocycles. The van der Waals surface area contributed by atoms with Crippen molar-refractivity contribution >= 4 is 33.8 Å². The fourth-order valence-electron chi connectivity index (χ4n) is 5.00. The molecule has 0 radical (unpaired) electrons. The lowest BCUT2D eigenvalue weighted by atomic mass is 9.94. The van der Waals surface area contributed by atoms with Crippen molar-refractivity contribution < 1.29 is 14.3 Å². The Hall–Kier alpha value is -3.46. The number of ketones is 1. The van der Waals surface area contributed by atoms with Gasteiger partial charge in [0.1, 0.15) is 17.2 Å². The summed E-state index contributed by atoms with van der Waals surface area (Å²) in [5.41, 5.74) is 3.59. The Morgan fingerprint density at radius 1 is 1.26 bits per heavy atom. The number of carbonyl (C=O) groups excluding carboxylic acids is 2. The lowest BCUT2D eigenvalue weighted by Crippen LogP contribution is -2.48. The van der Waals surface area contributed by atoms with E-state index >= 15 is 0 Å². The van der Waals surface area contributed by atoms with E-state index in [9.17, 15) is 9.59 Å². The summed E-state index contributed by atoms with van der Waals surface area (Å²) < 4.78 is 7.90. The maximum Gasteiger partial charge on any atom is 0.263 e. The van der Waals surface area contributed by atoms with E-state index in [1.165, 1.54) is 24.2 Å². The van der Waals surface area contributed by atoms with Crippen molar-refractivity contribution in [3.8, 4) is 16.9 Å². The summed E-state index contributed by atoms with van der Waals surface area (Å²) in [5, 5.41) is 8.45. The molecule has 0 spiro atoms. The molecule has 4 heterocycles. The summed E-state index contributed by atoms with van der Waals surface area (Å²) >= 11 is 1.44. The summed E-state index contributed by atoms with van der Waals surface area (Å²) in [6.07, 6.45) is 13.3. The Morgan fingerprint density at radius 3 is 2.97 bits per heavy atom.